The molecular weight excluding hydrogens is 218 g/mol. The molecule has 2 unspecified atom stereocenters. The van der Waals surface area contributed by atoms with Crippen molar-refractivity contribution < 1.29 is 0 Å². The third-order valence-corrected chi connectivity index (χ3v) is 4.19. The molecule has 0 spiro atoms. The van der Waals surface area contributed by atoms with E-state index in [-0.39, 0.29) is 0 Å². The number of nitrogens with zero attached hydrogens (tertiary/aromatic N) is 1. The lowest BCUT2D eigenvalue weighted by molar-refractivity contribution is 0.665. The van der Waals surface area contributed by atoms with Crippen LogP contribution in [-0.2, 0) is 6.42 Å². The Morgan fingerprint density at radius 1 is 1.06 bits per heavy atom. The summed E-state index contributed by atoms with van der Waals surface area (Å²) in [5.74, 6) is 1.01. The zero-order valence-corrected chi connectivity index (χ0v) is 10.4. The summed E-state index contributed by atoms with van der Waals surface area (Å²) in [6.07, 6.45) is 5.67. The number of fused-ring (bicyclic) bond motifs is 7. The Hall–Kier alpha value is -1.89. The van der Waals surface area contributed by atoms with Gasteiger partial charge in [-0.1, -0.05) is 37.3 Å². The van der Waals surface area contributed by atoms with Crippen LogP contribution in [0.2, 0.25) is 0 Å². The van der Waals surface area contributed by atoms with E-state index in [4.69, 9.17) is 4.98 Å². The van der Waals surface area contributed by atoms with Crippen LogP contribution in [0.4, 0.5) is 0 Å². The third-order valence-electron chi connectivity index (χ3n) is 4.19. The molecule has 2 atom stereocenters. The van der Waals surface area contributed by atoms with E-state index in [0.717, 1.165) is 12.1 Å². The van der Waals surface area contributed by atoms with Gasteiger partial charge in [-0.25, -0.2) is 0 Å². The van der Waals surface area contributed by atoms with Crippen molar-refractivity contribution in [3.8, 4) is 11.3 Å². The Kier molecular flexibility index (Phi) is 1.99. The molecule has 1 heteroatoms. The van der Waals surface area contributed by atoms with E-state index in [1.807, 2.05) is 0 Å². The van der Waals surface area contributed by atoms with Gasteiger partial charge in [-0.3, -0.25) is 4.98 Å². The van der Waals surface area contributed by atoms with E-state index in [0.29, 0.717) is 11.8 Å². The zero-order valence-electron chi connectivity index (χ0n) is 10.4. The van der Waals surface area contributed by atoms with Gasteiger partial charge in [-0.2, -0.15) is 0 Å². The molecule has 1 nitrogen and oxygen atoms in total. The highest BCUT2D eigenvalue weighted by Crippen LogP contribution is 2.47. The SMILES string of the molecule is CCc1ccc2c(c1)-c1cccc(n1)C1C=CC21. The van der Waals surface area contributed by atoms with E-state index in [9.17, 15) is 0 Å². The topological polar surface area (TPSA) is 12.9 Å². The first kappa shape index (κ1) is 10.1. The van der Waals surface area contributed by atoms with Crippen molar-refractivity contribution in [3.63, 3.8) is 0 Å². The molecule has 0 amide bonds. The van der Waals surface area contributed by atoms with Crippen molar-refractivity contribution >= 4 is 0 Å². The highest BCUT2D eigenvalue weighted by Gasteiger charge is 2.32. The molecular formula is C17H15N. The lowest BCUT2D eigenvalue weighted by atomic mass is 9.75. The van der Waals surface area contributed by atoms with Gasteiger partial charge in [0.1, 0.15) is 0 Å². The molecule has 0 radical (unpaired) electrons. The summed E-state index contributed by atoms with van der Waals surface area (Å²) in [4.78, 5) is 4.82. The molecule has 4 rings (SSSR count). The third kappa shape index (κ3) is 1.25. The van der Waals surface area contributed by atoms with Gasteiger partial charge in [0.15, 0.2) is 0 Å². The number of pyridine rings is 1. The second-order valence-corrected chi connectivity index (χ2v) is 5.16. The Labute approximate surface area is 107 Å². The Morgan fingerprint density at radius 3 is 2.72 bits per heavy atom. The van der Waals surface area contributed by atoms with Crippen molar-refractivity contribution in [2.45, 2.75) is 25.2 Å². The molecule has 0 saturated carbocycles. The summed E-state index contributed by atoms with van der Waals surface area (Å²) in [7, 11) is 0. The fourth-order valence-electron chi connectivity index (χ4n) is 3.04. The van der Waals surface area contributed by atoms with Crippen molar-refractivity contribution in [2.75, 3.05) is 0 Å². The van der Waals surface area contributed by atoms with Crippen LogP contribution in [0.3, 0.4) is 0 Å². The van der Waals surface area contributed by atoms with Crippen LogP contribution in [0.15, 0.2) is 48.6 Å². The first-order chi connectivity index (χ1) is 8.86. The second-order valence-electron chi connectivity index (χ2n) is 5.16. The van der Waals surface area contributed by atoms with Crippen molar-refractivity contribution in [1.29, 1.82) is 0 Å². The molecule has 1 aliphatic heterocycles. The van der Waals surface area contributed by atoms with E-state index < -0.39 is 0 Å². The molecule has 18 heavy (non-hydrogen) atoms. The lowest BCUT2D eigenvalue weighted by Gasteiger charge is -2.28. The summed E-state index contributed by atoms with van der Waals surface area (Å²) >= 11 is 0. The van der Waals surface area contributed by atoms with Gasteiger partial charge in [0.25, 0.3) is 0 Å². The van der Waals surface area contributed by atoms with Crippen molar-refractivity contribution in [1.82, 2.24) is 4.98 Å². The smallest absolute Gasteiger partial charge is 0.0708 e. The van der Waals surface area contributed by atoms with E-state index >= 15 is 0 Å². The minimum Gasteiger partial charge on any atom is -0.252 e. The van der Waals surface area contributed by atoms with Gasteiger partial charge in [-0.05, 0) is 35.7 Å². The fraction of sp³-hybridized carbons (Fsp3) is 0.235. The zero-order chi connectivity index (χ0) is 12.1. The molecule has 1 aromatic carbocycles. The number of allylic oxidation sites excluding steroid dienone is 2. The van der Waals surface area contributed by atoms with Crippen molar-refractivity contribution in [3.05, 3.63) is 65.4 Å². The Bertz CT molecular complexity index is 654. The number of hydrogen-bond acceptors (Lipinski definition) is 1. The summed E-state index contributed by atoms with van der Waals surface area (Å²) in [5, 5.41) is 0. The Balaban J connectivity index is 2.02. The van der Waals surface area contributed by atoms with Crippen LogP contribution >= 0.6 is 0 Å². The fourth-order valence-corrected chi connectivity index (χ4v) is 3.04. The first-order valence-electron chi connectivity index (χ1n) is 6.65. The first-order valence-corrected chi connectivity index (χ1v) is 6.65. The number of benzene rings is 1. The van der Waals surface area contributed by atoms with E-state index in [2.05, 4.69) is 55.5 Å². The maximum Gasteiger partial charge on any atom is 0.0708 e. The maximum absolute atomic E-state index is 4.82. The molecule has 1 aliphatic carbocycles. The quantitative estimate of drug-likeness (QED) is 0.677. The number of hydrogen-bond donors (Lipinski definition) is 0. The largest absolute Gasteiger partial charge is 0.252 e. The van der Waals surface area contributed by atoms with Crippen molar-refractivity contribution in [2.24, 2.45) is 0 Å². The van der Waals surface area contributed by atoms with Crippen LogP contribution in [0.1, 0.15) is 35.6 Å². The predicted molar refractivity (Wildman–Crippen MR) is 73.7 cm³/mol. The minimum absolute atomic E-state index is 0.485. The molecule has 2 aromatic rings. The van der Waals surface area contributed by atoms with Crippen LogP contribution < -0.4 is 0 Å². The molecule has 2 bridgehead atoms. The second kappa shape index (κ2) is 3.55. The van der Waals surface area contributed by atoms with Crippen LogP contribution in [0.25, 0.3) is 11.3 Å². The number of rotatable bonds is 1. The van der Waals surface area contributed by atoms with Gasteiger partial charge in [0, 0.05) is 23.1 Å². The lowest BCUT2D eigenvalue weighted by Crippen LogP contribution is -2.14. The monoisotopic (exact) mass is 233 g/mol. The standard InChI is InChI=1S/C17H15N/c1-2-11-6-7-13-12-8-9-14(12)16-4-3-5-17(18-16)15(13)10-11/h3-10,12,14H,2H2,1H3. The summed E-state index contributed by atoms with van der Waals surface area (Å²) in [6, 6.07) is 13.3. The number of aromatic nitrogens is 1. The van der Waals surface area contributed by atoms with Crippen LogP contribution in [0.5, 0.6) is 0 Å². The highest BCUT2D eigenvalue weighted by molar-refractivity contribution is 5.69. The number of aryl methyl sites for hydroxylation is 1. The summed E-state index contributed by atoms with van der Waals surface area (Å²) < 4.78 is 0. The van der Waals surface area contributed by atoms with Gasteiger partial charge >= 0.3 is 0 Å². The average Bonchev–Trinajstić information content (AvgIpc) is 2.43. The minimum atomic E-state index is 0.485. The van der Waals surface area contributed by atoms with Gasteiger partial charge in [0.05, 0.1) is 5.69 Å². The van der Waals surface area contributed by atoms with E-state index in [1.54, 1.807) is 0 Å². The summed E-state index contributed by atoms with van der Waals surface area (Å²) in [6.45, 7) is 2.20. The van der Waals surface area contributed by atoms with Gasteiger partial charge in [0.2, 0.25) is 0 Å². The van der Waals surface area contributed by atoms with Crippen LogP contribution in [-0.4, -0.2) is 4.98 Å². The molecule has 0 N–H and O–H groups in total. The summed E-state index contributed by atoms with van der Waals surface area (Å²) in [5.41, 5.74) is 6.51. The molecule has 88 valence electrons. The molecule has 2 aliphatic rings. The Morgan fingerprint density at radius 2 is 1.94 bits per heavy atom. The predicted octanol–water partition coefficient (Wildman–Crippen LogP) is 4.06. The molecule has 2 heterocycles. The molecule has 0 saturated heterocycles. The average molecular weight is 233 g/mol. The van der Waals surface area contributed by atoms with Crippen LogP contribution in [0, 0.1) is 0 Å². The van der Waals surface area contributed by atoms with Gasteiger partial charge < -0.3 is 0 Å². The maximum atomic E-state index is 4.82. The normalized spacial score (nSPS) is 22.7. The van der Waals surface area contributed by atoms with E-state index in [1.165, 1.54) is 22.4 Å². The van der Waals surface area contributed by atoms with Gasteiger partial charge in [-0.15, -0.1) is 0 Å². The molecule has 0 fully saturated rings. The highest BCUT2D eigenvalue weighted by atomic mass is 14.7. The molecule has 1 aromatic heterocycles.